The maximum Gasteiger partial charge on any atom is 0.119 e. The van der Waals surface area contributed by atoms with Gasteiger partial charge in [-0.3, -0.25) is 4.90 Å². The second kappa shape index (κ2) is 6.78. The van der Waals surface area contributed by atoms with Gasteiger partial charge in [0.15, 0.2) is 0 Å². The predicted molar refractivity (Wildman–Crippen MR) is 80.4 cm³/mol. The van der Waals surface area contributed by atoms with Crippen molar-refractivity contribution in [3.8, 4) is 5.75 Å². The number of benzene rings is 1. The van der Waals surface area contributed by atoms with E-state index in [1.807, 2.05) is 24.3 Å². The first kappa shape index (κ1) is 14.2. The number of nitrogens with zero attached hydrogens (tertiary/aromatic N) is 1. The van der Waals surface area contributed by atoms with Crippen LogP contribution < -0.4 is 4.74 Å². The third-order valence-corrected chi connectivity index (χ3v) is 3.78. The molecular weight excluding hydrogens is 266 g/mol. The van der Waals surface area contributed by atoms with Crippen LogP contribution in [0.25, 0.3) is 0 Å². The predicted octanol–water partition coefficient (Wildman–Crippen LogP) is 2.73. The maximum absolute atomic E-state index is 5.89. The van der Waals surface area contributed by atoms with Crippen molar-refractivity contribution in [3.63, 3.8) is 0 Å². The minimum absolute atomic E-state index is 0.223. The summed E-state index contributed by atoms with van der Waals surface area (Å²) in [5, 5.41) is 0. The lowest BCUT2D eigenvalue weighted by atomic mass is 10.1. The van der Waals surface area contributed by atoms with Crippen molar-refractivity contribution in [2.75, 3.05) is 26.8 Å². The van der Waals surface area contributed by atoms with Crippen LogP contribution >= 0.6 is 0 Å². The van der Waals surface area contributed by atoms with Crippen molar-refractivity contribution in [1.82, 2.24) is 4.90 Å². The highest BCUT2D eigenvalue weighted by molar-refractivity contribution is 5.28. The van der Waals surface area contributed by atoms with Gasteiger partial charge in [0.25, 0.3) is 0 Å². The molecule has 1 aliphatic heterocycles. The highest BCUT2D eigenvalue weighted by Crippen LogP contribution is 2.18. The Morgan fingerprint density at radius 3 is 3.05 bits per heavy atom. The van der Waals surface area contributed by atoms with Gasteiger partial charge in [-0.25, -0.2) is 0 Å². The Kier molecular flexibility index (Phi) is 4.58. The summed E-state index contributed by atoms with van der Waals surface area (Å²) in [6, 6.07) is 12.1. The molecule has 0 saturated carbocycles. The van der Waals surface area contributed by atoms with Crippen LogP contribution in [0.3, 0.4) is 0 Å². The van der Waals surface area contributed by atoms with E-state index in [1.165, 1.54) is 5.56 Å². The van der Waals surface area contributed by atoms with E-state index in [9.17, 15) is 0 Å². The lowest BCUT2D eigenvalue weighted by molar-refractivity contribution is -0.0322. The van der Waals surface area contributed by atoms with E-state index >= 15 is 0 Å². The van der Waals surface area contributed by atoms with Crippen LogP contribution in [0.2, 0.25) is 0 Å². The Bertz CT molecular complexity index is 553. The molecule has 4 heteroatoms. The molecule has 0 N–H and O–H groups in total. The number of hydrogen-bond donors (Lipinski definition) is 0. The summed E-state index contributed by atoms with van der Waals surface area (Å²) < 4.78 is 16.6. The van der Waals surface area contributed by atoms with Gasteiger partial charge in [-0.2, -0.15) is 0 Å². The summed E-state index contributed by atoms with van der Waals surface area (Å²) in [6.07, 6.45) is 2.86. The largest absolute Gasteiger partial charge is 0.497 e. The summed E-state index contributed by atoms with van der Waals surface area (Å²) in [6.45, 7) is 3.51. The minimum Gasteiger partial charge on any atom is -0.497 e. The van der Waals surface area contributed by atoms with Gasteiger partial charge in [0.1, 0.15) is 11.5 Å². The van der Waals surface area contributed by atoms with E-state index in [0.29, 0.717) is 0 Å². The number of furan rings is 1. The van der Waals surface area contributed by atoms with E-state index in [2.05, 4.69) is 17.0 Å². The second-order valence-corrected chi connectivity index (χ2v) is 5.36. The molecule has 21 heavy (non-hydrogen) atoms. The average Bonchev–Trinajstić information content (AvgIpc) is 3.01. The molecule has 3 rings (SSSR count). The van der Waals surface area contributed by atoms with Crippen LogP contribution in [0.5, 0.6) is 5.75 Å². The molecule has 1 atom stereocenters. The van der Waals surface area contributed by atoms with Crippen molar-refractivity contribution in [1.29, 1.82) is 0 Å². The van der Waals surface area contributed by atoms with Crippen LogP contribution in [0.1, 0.15) is 11.3 Å². The second-order valence-electron chi connectivity index (χ2n) is 5.36. The molecule has 1 aromatic carbocycles. The fraction of sp³-hybridized carbons (Fsp3) is 0.412. The van der Waals surface area contributed by atoms with Crippen molar-refractivity contribution in [3.05, 3.63) is 54.0 Å². The number of rotatable bonds is 5. The smallest absolute Gasteiger partial charge is 0.119 e. The normalized spacial score (nSPS) is 19.6. The van der Waals surface area contributed by atoms with E-state index in [1.54, 1.807) is 13.4 Å². The number of hydrogen-bond acceptors (Lipinski definition) is 4. The van der Waals surface area contributed by atoms with Gasteiger partial charge in [0.2, 0.25) is 0 Å². The maximum atomic E-state index is 5.89. The van der Waals surface area contributed by atoms with Crippen molar-refractivity contribution < 1.29 is 13.9 Å². The molecule has 112 valence electrons. The Morgan fingerprint density at radius 2 is 2.24 bits per heavy atom. The lowest BCUT2D eigenvalue weighted by Gasteiger charge is -2.32. The Hall–Kier alpha value is -1.78. The van der Waals surface area contributed by atoms with Gasteiger partial charge in [-0.05, 0) is 29.8 Å². The highest BCUT2D eigenvalue weighted by Gasteiger charge is 2.21. The first-order chi connectivity index (χ1) is 10.3. The van der Waals surface area contributed by atoms with Gasteiger partial charge < -0.3 is 13.9 Å². The summed E-state index contributed by atoms with van der Waals surface area (Å²) in [5.74, 6) is 1.91. The number of methoxy groups -OCH3 is 1. The zero-order valence-corrected chi connectivity index (χ0v) is 12.3. The standard InChI is InChI=1S/C17H21NO3/c1-19-15-5-2-4-14(10-15)11-17-13-18(7-9-21-17)12-16-6-3-8-20-16/h2-6,8,10,17H,7,9,11-13H2,1H3/t17-/m0/s1. The van der Waals surface area contributed by atoms with E-state index in [4.69, 9.17) is 13.9 Å². The first-order valence-corrected chi connectivity index (χ1v) is 7.33. The third kappa shape index (κ3) is 3.86. The SMILES string of the molecule is COc1cccc(C[C@H]2CN(Cc3ccco3)CCO2)c1. The van der Waals surface area contributed by atoms with Crippen LogP contribution in [-0.2, 0) is 17.7 Å². The Morgan fingerprint density at radius 1 is 1.29 bits per heavy atom. The van der Waals surface area contributed by atoms with Gasteiger partial charge in [-0.15, -0.1) is 0 Å². The fourth-order valence-electron chi connectivity index (χ4n) is 2.73. The molecule has 1 fully saturated rings. The van der Waals surface area contributed by atoms with E-state index in [0.717, 1.165) is 44.2 Å². The first-order valence-electron chi connectivity index (χ1n) is 7.33. The highest BCUT2D eigenvalue weighted by atomic mass is 16.5. The zero-order valence-electron chi connectivity index (χ0n) is 12.3. The molecule has 0 radical (unpaired) electrons. The van der Waals surface area contributed by atoms with Crippen molar-refractivity contribution >= 4 is 0 Å². The van der Waals surface area contributed by atoms with E-state index in [-0.39, 0.29) is 6.10 Å². The summed E-state index contributed by atoms with van der Waals surface area (Å²) in [7, 11) is 1.70. The van der Waals surface area contributed by atoms with Crippen LogP contribution in [0, 0.1) is 0 Å². The minimum atomic E-state index is 0.223. The van der Waals surface area contributed by atoms with Gasteiger partial charge in [0.05, 0.1) is 32.6 Å². The fourth-order valence-corrected chi connectivity index (χ4v) is 2.73. The molecule has 0 spiro atoms. The molecule has 2 aromatic rings. The third-order valence-electron chi connectivity index (χ3n) is 3.78. The van der Waals surface area contributed by atoms with Crippen molar-refractivity contribution in [2.24, 2.45) is 0 Å². The zero-order chi connectivity index (χ0) is 14.5. The molecule has 0 aliphatic carbocycles. The molecule has 0 amide bonds. The average molecular weight is 287 g/mol. The Balaban J connectivity index is 1.58. The molecule has 1 aliphatic rings. The molecule has 1 aromatic heterocycles. The van der Waals surface area contributed by atoms with Gasteiger partial charge in [-0.1, -0.05) is 12.1 Å². The molecule has 1 saturated heterocycles. The number of ether oxygens (including phenoxy) is 2. The number of morpholine rings is 1. The van der Waals surface area contributed by atoms with Crippen LogP contribution in [-0.4, -0.2) is 37.8 Å². The lowest BCUT2D eigenvalue weighted by Crippen LogP contribution is -2.42. The summed E-state index contributed by atoms with van der Waals surface area (Å²) in [5.41, 5.74) is 1.25. The molecule has 2 heterocycles. The summed E-state index contributed by atoms with van der Waals surface area (Å²) >= 11 is 0. The molecule has 0 unspecified atom stereocenters. The molecular formula is C17H21NO3. The van der Waals surface area contributed by atoms with Gasteiger partial charge in [0, 0.05) is 19.5 Å². The summed E-state index contributed by atoms with van der Waals surface area (Å²) in [4.78, 5) is 2.38. The van der Waals surface area contributed by atoms with E-state index < -0.39 is 0 Å². The quantitative estimate of drug-likeness (QED) is 0.847. The molecule has 0 bridgehead atoms. The molecule has 4 nitrogen and oxygen atoms in total. The van der Waals surface area contributed by atoms with Crippen LogP contribution in [0.15, 0.2) is 47.1 Å². The Labute approximate surface area is 125 Å². The monoisotopic (exact) mass is 287 g/mol. The van der Waals surface area contributed by atoms with Crippen molar-refractivity contribution in [2.45, 2.75) is 19.1 Å². The van der Waals surface area contributed by atoms with Crippen LogP contribution in [0.4, 0.5) is 0 Å². The van der Waals surface area contributed by atoms with Gasteiger partial charge >= 0.3 is 0 Å². The topological polar surface area (TPSA) is 34.8 Å².